The van der Waals surface area contributed by atoms with Crippen LogP contribution in [0, 0.1) is 17.0 Å². The van der Waals surface area contributed by atoms with E-state index in [1.165, 1.54) is 6.20 Å². The fourth-order valence-electron chi connectivity index (χ4n) is 1.95. The van der Waals surface area contributed by atoms with Gasteiger partial charge in [0, 0.05) is 24.7 Å². The summed E-state index contributed by atoms with van der Waals surface area (Å²) < 4.78 is 0. The van der Waals surface area contributed by atoms with E-state index < -0.39 is 4.92 Å². The van der Waals surface area contributed by atoms with Gasteiger partial charge in [-0.3, -0.25) is 15.0 Å². The van der Waals surface area contributed by atoms with Crippen LogP contribution in [0.4, 0.5) is 11.5 Å². The summed E-state index contributed by atoms with van der Waals surface area (Å²) in [5.74, 6) is 0.683. The van der Waals surface area contributed by atoms with E-state index in [1.54, 1.807) is 13.0 Å². The van der Waals surface area contributed by atoms with E-state index >= 15 is 0 Å². The zero-order valence-corrected chi connectivity index (χ0v) is 12.0. The van der Waals surface area contributed by atoms with E-state index in [0.717, 1.165) is 19.6 Å². The SMILES string of the molecule is CCN(CCNc1cc(C)c([N+](=O)[O-])cn1)C(C)C. The summed E-state index contributed by atoms with van der Waals surface area (Å²) in [6.07, 6.45) is 1.30. The van der Waals surface area contributed by atoms with Crippen molar-refractivity contribution in [3.8, 4) is 0 Å². The van der Waals surface area contributed by atoms with E-state index in [9.17, 15) is 10.1 Å². The van der Waals surface area contributed by atoms with Gasteiger partial charge in [-0.25, -0.2) is 4.98 Å². The van der Waals surface area contributed by atoms with Gasteiger partial charge in [0.25, 0.3) is 5.69 Å². The van der Waals surface area contributed by atoms with Crippen LogP contribution < -0.4 is 5.32 Å². The van der Waals surface area contributed by atoms with Crippen molar-refractivity contribution in [3.05, 3.63) is 27.9 Å². The molecule has 0 fully saturated rings. The number of aromatic nitrogens is 1. The molecule has 1 heterocycles. The maximum Gasteiger partial charge on any atom is 0.290 e. The summed E-state index contributed by atoms with van der Waals surface area (Å²) in [7, 11) is 0. The van der Waals surface area contributed by atoms with Crippen LogP contribution in [0.2, 0.25) is 0 Å². The molecule has 1 N–H and O–H groups in total. The smallest absolute Gasteiger partial charge is 0.290 e. The van der Waals surface area contributed by atoms with Gasteiger partial charge in [0.15, 0.2) is 0 Å². The molecule has 19 heavy (non-hydrogen) atoms. The van der Waals surface area contributed by atoms with Crippen LogP contribution in [-0.2, 0) is 0 Å². The Kier molecular flexibility index (Phi) is 5.69. The van der Waals surface area contributed by atoms with Gasteiger partial charge in [0.05, 0.1) is 4.92 Å². The maximum atomic E-state index is 10.7. The predicted octanol–water partition coefficient (Wildman–Crippen LogP) is 2.44. The van der Waals surface area contributed by atoms with Crippen molar-refractivity contribution >= 4 is 11.5 Å². The summed E-state index contributed by atoms with van der Waals surface area (Å²) in [6.45, 7) is 10.9. The largest absolute Gasteiger partial charge is 0.369 e. The minimum absolute atomic E-state index is 0.0583. The Morgan fingerprint density at radius 1 is 1.53 bits per heavy atom. The third kappa shape index (κ3) is 4.48. The van der Waals surface area contributed by atoms with Crippen LogP contribution in [0.5, 0.6) is 0 Å². The second-order valence-corrected chi connectivity index (χ2v) is 4.76. The average Bonchev–Trinajstić information content (AvgIpc) is 2.33. The Labute approximate surface area is 114 Å². The van der Waals surface area contributed by atoms with Crippen LogP contribution in [-0.4, -0.2) is 40.5 Å². The number of rotatable bonds is 7. The van der Waals surface area contributed by atoms with Gasteiger partial charge in [-0.05, 0) is 33.4 Å². The van der Waals surface area contributed by atoms with Crippen molar-refractivity contribution in [1.82, 2.24) is 9.88 Å². The monoisotopic (exact) mass is 266 g/mol. The van der Waals surface area contributed by atoms with Gasteiger partial charge in [0.1, 0.15) is 12.0 Å². The lowest BCUT2D eigenvalue weighted by molar-refractivity contribution is -0.385. The molecule has 6 nitrogen and oxygen atoms in total. The molecule has 0 saturated carbocycles. The first-order valence-corrected chi connectivity index (χ1v) is 6.54. The Morgan fingerprint density at radius 3 is 2.68 bits per heavy atom. The van der Waals surface area contributed by atoms with Gasteiger partial charge >= 0.3 is 0 Å². The first-order valence-electron chi connectivity index (χ1n) is 6.54. The van der Waals surface area contributed by atoms with Crippen molar-refractivity contribution in [2.45, 2.75) is 33.7 Å². The Balaban J connectivity index is 2.55. The highest BCUT2D eigenvalue weighted by Crippen LogP contribution is 2.18. The highest BCUT2D eigenvalue weighted by Gasteiger charge is 2.11. The molecule has 6 heteroatoms. The summed E-state index contributed by atoms with van der Waals surface area (Å²) in [4.78, 5) is 16.7. The fourth-order valence-corrected chi connectivity index (χ4v) is 1.95. The first kappa shape index (κ1) is 15.4. The van der Waals surface area contributed by atoms with Crippen LogP contribution in [0.15, 0.2) is 12.3 Å². The van der Waals surface area contributed by atoms with Crippen LogP contribution >= 0.6 is 0 Å². The molecular weight excluding hydrogens is 244 g/mol. The quantitative estimate of drug-likeness (QED) is 0.606. The molecule has 1 rings (SSSR count). The highest BCUT2D eigenvalue weighted by molar-refractivity contribution is 5.46. The van der Waals surface area contributed by atoms with E-state index in [1.807, 2.05) is 0 Å². The van der Waals surface area contributed by atoms with Gasteiger partial charge in [-0.2, -0.15) is 0 Å². The van der Waals surface area contributed by atoms with Crippen LogP contribution in [0.1, 0.15) is 26.3 Å². The average molecular weight is 266 g/mol. The van der Waals surface area contributed by atoms with Gasteiger partial charge in [-0.1, -0.05) is 6.92 Å². The number of hydrogen-bond acceptors (Lipinski definition) is 5. The molecule has 0 radical (unpaired) electrons. The molecule has 1 aromatic rings. The number of nitrogens with one attached hydrogen (secondary N) is 1. The van der Waals surface area contributed by atoms with E-state index in [2.05, 4.69) is 36.0 Å². The van der Waals surface area contributed by atoms with Crippen molar-refractivity contribution in [2.75, 3.05) is 25.0 Å². The van der Waals surface area contributed by atoms with E-state index in [-0.39, 0.29) is 5.69 Å². The zero-order chi connectivity index (χ0) is 14.4. The Morgan fingerprint density at radius 2 is 2.21 bits per heavy atom. The molecule has 0 spiro atoms. The fraction of sp³-hybridized carbons (Fsp3) is 0.615. The zero-order valence-electron chi connectivity index (χ0n) is 12.0. The molecule has 0 aliphatic carbocycles. The number of pyridine rings is 1. The molecular formula is C13H22N4O2. The first-order chi connectivity index (χ1) is 8.95. The number of hydrogen-bond donors (Lipinski definition) is 1. The third-order valence-electron chi connectivity index (χ3n) is 3.12. The molecule has 0 bridgehead atoms. The van der Waals surface area contributed by atoms with Gasteiger partial charge < -0.3 is 5.32 Å². The number of nitrogens with zero attached hydrogens (tertiary/aromatic N) is 3. The minimum Gasteiger partial charge on any atom is -0.369 e. The number of aryl methyl sites for hydroxylation is 1. The third-order valence-corrected chi connectivity index (χ3v) is 3.12. The van der Waals surface area contributed by atoms with Crippen LogP contribution in [0.25, 0.3) is 0 Å². The lowest BCUT2D eigenvalue weighted by atomic mass is 10.2. The lowest BCUT2D eigenvalue weighted by Crippen LogP contribution is -2.34. The maximum absolute atomic E-state index is 10.7. The molecule has 0 aliphatic heterocycles. The predicted molar refractivity (Wildman–Crippen MR) is 76.5 cm³/mol. The number of anilines is 1. The van der Waals surface area contributed by atoms with Crippen molar-refractivity contribution in [3.63, 3.8) is 0 Å². The van der Waals surface area contributed by atoms with Gasteiger partial charge in [-0.15, -0.1) is 0 Å². The van der Waals surface area contributed by atoms with E-state index in [0.29, 0.717) is 17.4 Å². The molecule has 0 saturated heterocycles. The topological polar surface area (TPSA) is 71.3 Å². The molecule has 1 aromatic heterocycles. The second-order valence-electron chi connectivity index (χ2n) is 4.76. The van der Waals surface area contributed by atoms with E-state index in [4.69, 9.17) is 0 Å². The number of likely N-dealkylation sites (N-methyl/N-ethyl adjacent to an activating group) is 1. The Bertz CT molecular complexity index is 435. The molecule has 0 aliphatic rings. The second kappa shape index (κ2) is 7.04. The summed E-state index contributed by atoms with van der Waals surface area (Å²) in [6, 6.07) is 2.22. The molecule has 0 unspecified atom stereocenters. The Hall–Kier alpha value is -1.69. The summed E-state index contributed by atoms with van der Waals surface area (Å²) >= 11 is 0. The lowest BCUT2D eigenvalue weighted by Gasteiger charge is -2.24. The minimum atomic E-state index is -0.413. The standard InChI is InChI=1S/C13H22N4O2/c1-5-16(10(2)3)7-6-14-13-8-11(4)12(9-15-13)17(18)19/h8-10H,5-7H2,1-4H3,(H,14,15). The number of nitro groups is 1. The van der Waals surface area contributed by atoms with Crippen molar-refractivity contribution < 1.29 is 4.92 Å². The summed E-state index contributed by atoms with van der Waals surface area (Å²) in [5, 5.41) is 13.9. The summed E-state index contributed by atoms with van der Waals surface area (Å²) in [5.41, 5.74) is 0.682. The van der Waals surface area contributed by atoms with Crippen molar-refractivity contribution in [2.24, 2.45) is 0 Å². The molecule has 0 atom stereocenters. The highest BCUT2D eigenvalue weighted by atomic mass is 16.6. The molecule has 106 valence electrons. The normalized spacial score (nSPS) is 11.1. The van der Waals surface area contributed by atoms with Crippen molar-refractivity contribution in [1.29, 1.82) is 0 Å². The molecule has 0 amide bonds. The van der Waals surface area contributed by atoms with Crippen LogP contribution in [0.3, 0.4) is 0 Å². The molecule has 0 aromatic carbocycles. The van der Waals surface area contributed by atoms with Gasteiger partial charge in [0.2, 0.25) is 0 Å².